The molecular weight excluding hydrogens is 357 g/mol. The van der Waals surface area contributed by atoms with Crippen LogP contribution in [-0.4, -0.2) is 45.2 Å². The Morgan fingerprint density at radius 1 is 1.32 bits per heavy atom. The molecule has 1 amide bonds. The van der Waals surface area contributed by atoms with Gasteiger partial charge in [-0.1, -0.05) is 12.1 Å². The minimum absolute atomic E-state index is 0.0745. The number of carbonyl (C=O) groups is 1. The maximum Gasteiger partial charge on any atom is 0.255 e. The van der Waals surface area contributed by atoms with Crippen molar-refractivity contribution in [3.63, 3.8) is 0 Å². The van der Waals surface area contributed by atoms with Crippen LogP contribution in [-0.2, 0) is 0 Å². The molecular formula is C21H24FN5O. The molecule has 0 radical (unpaired) electrons. The molecule has 3 aromatic rings. The number of aryl methyl sites for hydroxylation is 1. The standard InChI is InChI=1S/C21H24FN5O/c1-13(2)27-20-18(11-24-27)17(9-14(3)25-20)21(28)26-8-7-23-12-19(26)15-5-4-6-16(22)10-15/h4-6,9-11,13,19,23H,7-8,12H2,1-3H3. The molecule has 1 unspecified atom stereocenters. The first-order chi connectivity index (χ1) is 13.5. The van der Waals surface area contributed by atoms with Gasteiger partial charge in [-0.3, -0.25) is 4.79 Å². The lowest BCUT2D eigenvalue weighted by Gasteiger charge is -2.36. The summed E-state index contributed by atoms with van der Waals surface area (Å²) in [5.41, 5.74) is 2.88. The van der Waals surface area contributed by atoms with Crippen LogP contribution in [0.2, 0.25) is 0 Å². The molecule has 0 saturated carbocycles. The lowest BCUT2D eigenvalue weighted by molar-refractivity contribution is 0.0636. The summed E-state index contributed by atoms with van der Waals surface area (Å²) in [6.45, 7) is 7.81. The van der Waals surface area contributed by atoms with Gasteiger partial charge in [-0.05, 0) is 44.5 Å². The molecule has 7 heteroatoms. The number of amides is 1. The Labute approximate surface area is 163 Å². The van der Waals surface area contributed by atoms with E-state index in [2.05, 4.69) is 15.4 Å². The van der Waals surface area contributed by atoms with Crippen LogP contribution in [0.1, 0.15) is 47.5 Å². The molecule has 1 fully saturated rings. The second kappa shape index (κ2) is 7.31. The number of pyridine rings is 1. The van der Waals surface area contributed by atoms with Crippen molar-refractivity contribution in [3.05, 3.63) is 59.2 Å². The van der Waals surface area contributed by atoms with Crippen molar-refractivity contribution in [3.8, 4) is 0 Å². The number of nitrogens with zero attached hydrogens (tertiary/aromatic N) is 4. The summed E-state index contributed by atoms with van der Waals surface area (Å²) in [7, 11) is 0. The fraction of sp³-hybridized carbons (Fsp3) is 0.381. The van der Waals surface area contributed by atoms with Gasteiger partial charge in [0.2, 0.25) is 0 Å². The number of aromatic nitrogens is 3. The van der Waals surface area contributed by atoms with Gasteiger partial charge >= 0.3 is 0 Å². The molecule has 1 N–H and O–H groups in total. The Bertz CT molecular complexity index is 1030. The van der Waals surface area contributed by atoms with Crippen LogP contribution < -0.4 is 5.32 Å². The lowest BCUT2D eigenvalue weighted by Crippen LogP contribution is -2.48. The van der Waals surface area contributed by atoms with Crippen LogP contribution in [0, 0.1) is 12.7 Å². The zero-order valence-corrected chi connectivity index (χ0v) is 16.3. The van der Waals surface area contributed by atoms with Crippen LogP contribution in [0.3, 0.4) is 0 Å². The first-order valence-electron chi connectivity index (χ1n) is 9.57. The van der Waals surface area contributed by atoms with Gasteiger partial charge in [0.25, 0.3) is 5.91 Å². The molecule has 1 aromatic carbocycles. The Kier molecular flexibility index (Phi) is 4.85. The second-order valence-corrected chi connectivity index (χ2v) is 7.50. The van der Waals surface area contributed by atoms with Crippen molar-refractivity contribution in [1.29, 1.82) is 0 Å². The Balaban J connectivity index is 1.77. The highest BCUT2D eigenvalue weighted by Gasteiger charge is 2.30. The molecule has 0 bridgehead atoms. The van der Waals surface area contributed by atoms with Gasteiger partial charge in [0.05, 0.1) is 23.2 Å². The average Bonchev–Trinajstić information content (AvgIpc) is 3.11. The first kappa shape index (κ1) is 18.6. The number of hydrogen-bond acceptors (Lipinski definition) is 4. The van der Waals surface area contributed by atoms with E-state index in [1.54, 1.807) is 12.3 Å². The molecule has 1 aliphatic heterocycles. The van der Waals surface area contributed by atoms with Crippen LogP contribution in [0.4, 0.5) is 4.39 Å². The summed E-state index contributed by atoms with van der Waals surface area (Å²) in [6, 6.07) is 8.22. The average molecular weight is 381 g/mol. The third kappa shape index (κ3) is 3.26. The molecule has 1 saturated heterocycles. The molecule has 1 atom stereocenters. The minimum atomic E-state index is -0.296. The summed E-state index contributed by atoms with van der Waals surface area (Å²) >= 11 is 0. The predicted molar refractivity (Wildman–Crippen MR) is 106 cm³/mol. The third-order valence-corrected chi connectivity index (χ3v) is 5.15. The quantitative estimate of drug-likeness (QED) is 0.757. The summed E-state index contributed by atoms with van der Waals surface area (Å²) in [5.74, 6) is -0.370. The van der Waals surface area contributed by atoms with Crippen molar-refractivity contribution in [2.75, 3.05) is 19.6 Å². The van der Waals surface area contributed by atoms with E-state index in [9.17, 15) is 9.18 Å². The number of benzene rings is 1. The second-order valence-electron chi connectivity index (χ2n) is 7.50. The van der Waals surface area contributed by atoms with Crippen molar-refractivity contribution in [1.82, 2.24) is 25.0 Å². The lowest BCUT2D eigenvalue weighted by atomic mass is 10.0. The van der Waals surface area contributed by atoms with E-state index < -0.39 is 0 Å². The van der Waals surface area contributed by atoms with Crippen LogP contribution in [0.5, 0.6) is 0 Å². The van der Waals surface area contributed by atoms with Crippen LogP contribution in [0.25, 0.3) is 11.0 Å². The number of hydrogen-bond donors (Lipinski definition) is 1. The summed E-state index contributed by atoms with van der Waals surface area (Å²) < 4.78 is 15.6. The molecule has 6 nitrogen and oxygen atoms in total. The largest absolute Gasteiger partial charge is 0.329 e. The van der Waals surface area contributed by atoms with Crippen molar-refractivity contribution >= 4 is 16.9 Å². The normalized spacial score (nSPS) is 17.5. The van der Waals surface area contributed by atoms with Gasteiger partial charge in [-0.15, -0.1) is 0 Å². The van der Waals surface area contributed by atoms with Gasteiger partial charge in [-0.2, -0.15) is 5.10 Å². The summed E-state index contributed by atoms with van der Waals surface area (Å²) in [4.78, 5) is 20.0. The molecule has 4 rings (SSSR count). The SMILES string of the molecule is Cc1cc(C(=O)N2CCNCC2c2cccc(F)c2)c2cnn(C(C)C)c2n1. The van der Waals surface area contributed by atoms with Crippen molar-refractivity contribution in [2.24, 2.45) is 0 Å². The van der Waals surface area contributed by atoms with E-state index in [1.165, 1.54) is 12.1 Å². The number of carbonyl (C=O) groups excluding carboxylic acids is 1. The topological polar surface area (TPSA) is 63.1 Å². The number of nitrogens with one attached hydrogen (secondary N) is 1. The monoisotopic (exact) mass is 381 g/mol. The highest BCUT2D eigenvalue weighted by atomic mass is 19.1. The molecule has 0 spiro atoms. The van der Waals surface area contributed by atoms with Crippen molar-refractivity contribution in [2.45, 2.75) is 32.9 Å². The van der Waals surface area contributed by atoms with E-state index >= 15 is 0 Å². The number of piperazine rings is 1. The Morgan fingerprint density at radius 3 is 2.89 bits per heavy atom. The van der Waals surface area contributed by atoms with Gasteiger partial charge in [0.1, 0.15) is 5.82 Å². The zero-order valence-electron chi connectivity index (χ0n) is 16.3. The highest BCUT2D eigenvalue weighted by Crippen LogP contribution is 2.28. The summed E-state index contributed by atoms with van der Waals surface area (Å²) in [6.07, 6.45) is 1.72. The minimum Gasteiger partial charge on any atom is -0.329 e. The van der Waals surface area contributed by atoms with E-state index in [0.29, 0.717) is 25.2 Å². The number of fused-ring (bicyclic) bond motifs is 1. The summed E-state index contributed by atoms with van der Waals surface area (Å²) in [5, 5.41) is 8.50. The van der Waals surface area contributed by atoms with Crippen LogP contribution >= 0.6 is 0 Å². The van der Waals surface area contributed by atoms with E-state index in [0.717, 1.165) is 22.3 Å². The first-order valence-corrected chi connectivity index (χ1v) is 9.57. The molecule has 28 heavy (non-hydrogen) atoms. The van der Waals surface area contributed by atoms with Gasteiger partial charge in [0.15, 0.2) is 5.65 Å². The maximum absolute atomic E-state index is 13.8. The molecule has 3 heterocycles. The van der Waals surface area contributed by atoms with E-state index in [4.69, 9.17) is 0 Å². The molecule has 1 aliphatic rings. The smallest absolute Gasteiger partial charge is 0.255 e. The highest BCUT2D eigenvalue weighted by molar-refractivity contribution is 6.05. The zero-order chi connectivity index (χ0) is 19.8. The Morgan fingerprint density at radius 2 is 2.14 bits per heavy atom. The van der Waals surface area contributed by atoms with E-state index in [1.807, 2.05) is 42.5 Å². The third-order valence-electron chi connectivity index (χ3n) is 5.15. The fourth-order valence-corrected chi connectivity index (χ4v) is 3.81. The van der Waals surface area contributed by atoms with Gasteiger partial charge < -0.3 is 10.2 Å². The van der Waals surface area contributed by atoms with E-state index in [-0.39, 0.29) is 23.8 Å². The van der Waals surface area contributed by atoms with Gasteiger partial charge in [0, 0.05) is 31.4 Å². The van der Waals surface area contributed by atoms with Crippen molar-refractivity contribution < 1.29 is 9.18 Å². The predicted octanol–water partition coefficient (Wildman–Crippen LogP) is 3.25. The maximum atomic E-state index is 13.8. The fourth-order valence-electron chi connectivity index (χ4n) is 3.81. The number of halogens is 1. The molecule has 2 aromatic heterocycles. The molecule has 0 aliphatic carbocycles. The number of rotatable bonds is 3. The van der Waals surface area contributed by atoms with Gasteiger partial charge in [-0.25, -0.2) is 14.1 Å². The molecule has 146 valence electrons. The Hall–Kier alpha value is -2.80. The van der Waals surface area contributed by atoms with Crippen LogP contribution in [0.15, 0.2) is 36.5 Å².